The van der Waals surface area contributed by atoms with Crippen LogP contribution in [0.5, 0.6) is 0 Å². The molecule has 2 aromatic heterocycles. The predicted molar refractivity (Wildman–Crippen MR) is 116 cm³/mol. The van der Waals surface area contributed by atoms with Gasteiger partial charge in [0.2, 0.25) is 0 Å². The van der Waals surface area contributed by atoms with E-state index < -0.39 is 0 Å². The zero-order valence-electron chi connectivity index (χ0n) is 17.3. The first-order valence-electron chi connectivity index (χ1n) is 10.4. The molecule has 0 aliphatic carbocycles. The Kier molecular flexibility index (Phi) is 6.09. The Morgan fingerprint density at radius 2 is 1.77 bits per heavy atom. The van der Waals surface area contributed by atoms with Gasteiger partial charge in [0.25, 0.3) is 0 Å². The Hall–Kier alpha value is -3.12. The van der Waals surface area contributed by atoms with Crippen LogP contribution in [0, 0.1) is 5.92 Å². The van der Waals surface area contributed by atoms with Crippen molar-refractivity contribution in [3.63, 3.8) is 0 Å². The highest BCUT2D eigenvalue weighted by Gasteiger charge is 2.29. The van der Waals surface area contributed by atoms with Crippen molar-refractivity contribution in [2.45, 2.75) is 19.8 Å². The summed E-state index contributed by atoms with van der Waals surface area (Å²) in [4.78, 5) is 24.1. The number of hydrogen-bond donors (Lipinski definition) is 0. The smallest absolute Gasteiger partial charge is 0.309 e. The molecule has 2 aromatic carbocycles. The van der Waals surface area contributed by atoms with Gasteiger partial charge in [-0.05, 0) is 31.9 Å². The molecule has 1 saturated heterocycles. The molecule has 7 heteroatoms. The lowest BCUT2D eigenvalue weighted by Gasteiger charge is -2.31. The molecule has 0 atom stereocenters. The normalized spacial score (nSPS) is 14.5. The Labute approximate surface area is 186 Å². The Morgan fingerprint density at radius 1 is 1.06 bits per heavy atom. The van der Waals surface area contributed by atoms with E-state index in [9.17, 15) is 4.79 Å². The highest BCUT2D eigenvalue weighted by Crippen LogP contribution is 2.36. The molecule has 31 heavy (non-hydrogen) atoms. The fraction of sp³-hybridized carbons (Fsp3) is 0.292. The third kappa shape index (κ3) is 3.95. The molecule has 0 radical (unpaired) electrons. The number of esters is 1. The summed E-state index contributed by atoms with van der Waals surface area (Å²) in [5, 5.41) is 0.981. The van der Waals surface area contributed by atoms with E-state index in [1.165, 1.54) is 0 Å². The largest absolute Gasteiger partial charge is 1.00 e. The monoisotopic (exact) mass is 436 g/mol. The van der Waals surface area contributed by atoms with Crippen molar-refractivity contribution >= 4 is 33.9 Å². The van der Waals surface area contributed by atoms with Crippen molar-refractivity contribution in [1.82, 2.24) is 9.97 Å². The molecule has 4 aromatic rings. The number of hydrogen-bond acceptors (Lipinski definition) is 6. The number of furan rings is 1. The maximum absolute atomic E-state index is 12.1. The van der Waals surface area contributed by atoms with E-state index in [-0.39, 0.29) is 24.3 Å². The van der Waals surface area contributed by atoms with Gasteiger partial charge >= 0.3 is 5.97 Å². The fourth-order valence-corrected chi connectivity index (χ4v) is 4.09. The molecule has 5 rings (SSSR count). The van der Waals surface area contributed by atoms with Crippen LogP contribution in [0.15, 0.2) is 59.0 Å². The number of benzene rings is 2. The number of piperidine rings is 1. The Bertz CT molecular complexity index is 1200. The van der Waals surface area contributed by atoms with Crippen LogP contribution in [0.3, 0.4) is 0 Å². The summed E-state index contributed by atoms with van der Waals surface area (Å²) in [6, 6.07) is 17.9. The molecule has 6 nitrogen and oxygen atoms in total. The lowest BCUT2D eigenvalue weighted by molar-refractivity contribution is -0.148. The third-order valence-electron chi connectivity index (χ3n) is 5.65. The molecular formula is C24H23ClN3O3-. The molecule has 0 N–H and O–H groups in total. The summed E-state index contributed by atoms with van der Waals surface area (Å²) in [6.07, 6.45) is 1.48. The van der Waals surface area contributed by atoms with Crippen molar-refractivity contribution in [3.8, 4) is 11.4 Å². The number of rotatable bonds is 4. The highest BCUT2D eigenvalue weighted by atomic mass is 35.5. The van der Waals surface area contributed by atoms with Crippen LogP contribution in [0.4, 0.5) is 5.82 Å². The molecule has 3 heterocycles. The molecular weight excluding hydrogens is 414 g/mol. The standard InChI is InChI=1S/C24H23N3O3.ClH/c1-2-29-24(28)17-12-14-27(15-13-17)23-21-20(18-10-6-7-11-19(18)30-21)25-22(26-23)16-8-4-3-5-9-16;/h3-11,17H,2,12-15H2,1H3;1H/p-1. The minimum atomic E-state index is -0.0984. The van der Waals surface area contributed by atoms with Crippen molar-refractivity contribution in [2.75, 3.05) is 24.6 Å². The van der Waals surface area contributed by atoms with E-state index in [2.05, 4.69) is 4.90 Å². The van der Waals surface area contributed by atoms with Crippen LogP contribution < -0.4 is 17.3 Å². The summed E-state index contributed by atoms with van der Waals surface area (Å²) < 4.78 is 11.4. The highest BCUT2D eigenvalue weighted by molar-refractivity contribution is 6.06. The van der Waals surface area contributed by atoms with Crippen LogP contribution in [-0.4, -0.2) is 35.6 Å². The Balaban J connectivity index is 0.00000231. The van der Waals surface area contributed by atoms with Crippen molar-refractivity contribution in [2.24, 2.45) is 5.92 Å². The number of para-hydroxylation sites is 1. The lowest BCUT2D eigenvalue weighted by Crippen LogP contribution is -3.00. The quantitative estimate of drug-likeness (QED) is 0.455. The zero-order chi connectivity index (χ0) is 20.5. The summed E-state index contributed by atoms with van der Waals surface area (Å²) in [6.45, 7) is 3.71. The minimum absolute atomic E-state index is 0. The zero-order valence-corrected chi connectivity index (χ0v) is 18.0. The molecule has 160 valence electrons. The third-order valence-corrected chi connectivity index (χ3v) is 5.65. The first-order valence-corrected chi connectivity index (χ1v) is 10.4. The molecule has 0 saturated carbocycles. The van der Waals surface area contributed by atoms with Gasteiger partial charge in [-0.2, -0.15) is 0 Å². The van der Waals surface area contributed by atoms with Gasteiger partial charge in [-0.25, -0.2) is 9.97 Å². The van der Waals surface area contributed by atoms with E-state index in [4.69, 9.17) is 19.1 Å². The van der Waals surface area contributed by atoms with Gasteiger partial charge in [-0.3, -0.25) is 4.79 Å². The number of halogens is 1. The minimum Gasteiger partial charge on any atom is -1.00 e. The van der Waals surface area contributed by atoms with Crippen LogP contribution in [0.1, 0.15) is 19.8 Å². The average molecular weight is 437 g/mol. The number of carbonyl (C=O) groups is 1. The second-order valence-electron chi connectivity index (χ2n) is 7.53. The van der Waals surface area contributed by atoms with Gasteiger partial charge in [0, 0.05) is 24.0 Å². The SMILES string of the molecule is CCOC(=O)C1CCN(c2nc(-c3ccccc3)nc3c2oc2ccccc23)CC1.[Cl-]. The molecule has 1 fully saturated rings. The second-order valence-corrected chi connectivity index (χ2v) is 7.53. The van der Waals surface area contributed by atoms with Gasteiger partial charge in [0.15, 0.2) is 17.2 Å². The summed E-state index contributed by atoms with van der Waals surface area (Å²) >= 11 is 0. The van der Waals surface area contributed by atoms with Crippen molar-refractivity contribution < 1.29 is 26.4 Å². The fourth-order valence-electron chi connectivity index (χ4n) is 4.09. The molecule has 0 amide bonds. The van der Waals surface area contributed by atoms with Gasteiger partial charge in [0.1, 0.15) is 11.1 Å². The van der Waals surface area contributed by atoms with Crippen LogP contribution >= 0.6 is 0 Å². The van der Waals surface area contributed by atoms with Crippen molar-refractivity contribution in [3.05, 3.63) is 54.6 Å². The first kappa shape index (κ1) is 21.1. The molecule has 1 aliphatic heterocycles. The summed E-state index contributed by atoms with van der Waals surface area (Å²) in [5.41, 5.74) is 3.29. The van der Waals surface area contributed by atoms with Gasteiger partial charge < -0.3 is 26.5 Å². The number of nitrogens with zero attached hydrogens (tertiary/aromatic N) is 3. The number of ether oxygens (including phenoxy) is 1. The molecule has 0 unspecified atom stereocenters. The summed E-state index contributed by atoms with van der Waals surface area (Å²) in [7, 11) is 0. The van der Waals surface area contributed by atoms with Crippen molar-refractivity contribution in [1.29, 1.82) is 0 Å². The second kappa shape index (κ2) is 8.94. The molecule has 0 spiro atoms. The first-order chi connectivity index (χ1) is 14.7. The predicted octanol–water partition coefficient (Wildman–Crippen LogP) is 1.83. The maximum Gasteiger partial charge on any atom is 0.309 e. The van der Waals surface area contributed by atoms with Crippen LogP contribution in [0.25, 0.3) is 33.5 Å². The number of fused-ring (bicyclic) bond motifs is 3. The Morgan fingerprint density at radius 3 is 2.52 bits per heavy atom. The van der Waals surface area contributed by atoms with Crippen LogP contribution in [0.2, 0.25) is 0 Å². The average Bonchev–Trinajstić information content (AvgIpc) is 3.18. The van der Waals surface area contributed by atoms with E-state index >= 15 is 0 Å². The summed E-state index contributed by atoms with van der Waals surface area (Å²) in [5.74, 6) is 1.32. The van der Waals surface area contributed by atoms with E-state index in [1.807, 2.05) is 61.5 Å². The number of anilines is 1. The maximum atomic E-state index is 12.1. The van der Waals surface area contributed by atoms with Gasteiger partial charge in [-0.15, -0.1) is 0 Å². The van der Waals surface area contributed by atoms with Crippen LogP contribution in [-0.2, 0) is 9.53 Å². The van der Waals surface area contributed by atoms with E-state index in [0.717, 1.165) is 53.8 Å². The van der Waals surface area contributed by atoms with E-state index in [1.54, 1.807) is 0 Å². The lowest BCUT2D eigenvalue weighted by atomic mass is 9.97. The topological polar surface area (TPSA) is 68.5 Å². The van der Waals surface area contributed by atoms with Gasteiger partial charge in [-0.1, -0.05) is 42.5 Å². The van der Waals surface area contributed by atoms with Gasteiger partial charge in [0.05, 0.1) is 12.5 Å². The van der Waals surface area contributed by atoms with E-state index in [0.29, 0.717) is 18.0 Å². The number of carbonyl (C=O) groups excluding carboxylic acids is 1. The molecule has 1 aliphatic rings. The number of aromatic nitrogens is 2. The molecule has 0 bridgehead atoms.